The van der Waals surface area contributed by atoms with Crippen molar-refractivity contribution in [3.63, 3.8) is 0 Å². The van der Waals surface area contributed by atoms with Crippen LogP contribution in [-0.2, 0) is 14.3 Å². The summed E-state index contributed by atoms with van der Waals surface area (Å²) in [4.78, 5) is 21.7. The lowest BCUT2D eigenvalue weighted by Gasteiger charge is -2.16. The van der Waals surface area contributed by atoms with Gasteiger partial charge in [0, 0.05) is 6.42 Å². The molecule has 0 saturated carbocycles. The maximum absolute atomic E-state index is 10.9. The quantitative estimate of drug-likeness (QED) is 0.307. The number of ether oxygens (including phenoxy) is 1. The SMILES string of the molecule is CCC(O)(O)C(=O)OC(=O)CC(C)O. The van der Waals surface area contributed by atoms with Crippen molar-refractivity contribution in [2.24, 2.45) is 0 Å². The molecule has 0 aliphatic carbocycles. The Labute approximate surface area is 81.1 Å². The van der Waals surface area contributed by atoms with Crippen LogP contribution in [0.3, 0.4) is 0 Å². The number of carbonyl (C=O) groups excluding carboxylic acids is 2. The second-order valence-electron chi connectivity index (χ2n) is 2.98. The van der Waals surface area contributed by atoms with Gasteiger partial charge in [0.25, 0.3) is 5.79 Å². The average Bonchev–Trinajstić information content (AvgIpc) is 2.02. The summed E-state index contributed by atoms with van der Waals surface area (Å²) in [6, 6.07) is 0. The fraction of sp³-hybridized carbons (Fsp3) is 0.750. The van der Waals surface area contributed by atoms with Crippen LogP contribution in [0.2, 0.25) is 0 Å². The van der Waals surface area contributed by atoms with Gasteiger partial charge in [-0.2, -0.15) is 0 Å². The van der Waals surface area contributed by atoms with Crippen molar-refractivity contribution < 1.29 is 29.6 Å². The maximum Gasteiger partial charge on any atom is 0.374 e. The first-order chi connectivity index (χ1) is 6.29. The van der Waals surface area contributed by atoms with Crippen molar-refractivity contribution in [2.75, 3.05) is 0 Å². The van der Waals surface area contributed by atoms with E-state index in [0.717, 1.165) is 0 Å². The highest BCUT2D eigenvalue weighted by molar-refractivity contribution is 5.89. The summed E-state index contributed by atoms with van der Waals surface area (Å²) >= 11 is 0. The van der Waals surface area contributed by atoms with Gasteiger partial charge in [0.15, 0.2) is 0 Å². The molecule has 0 heterocycles. The smallest absolute Gasteiger partial charge is 0.374 e. The minimum Gasteiger partial charge on any atom is -0.393 e. The van der Waals surface area contributed by atoms with Gasteiger partial charge in [-0.25, -0.2) is 4.79 Å². The molecule has 0 aliphatic heterocycles. The molecular weight excluding hydrogens is 192 g/mol. The summed E-state index contributed by atoms with van der Waals surface area (Å²) in [7, 11) is 0. The van der Waals surface area contributed by atoms with E-state index in [1.165, 1.54) is 13.8 Å². The Hall–Kier alpha value is -0.980. The van der Waals surface area contributed by atoms with E-state index >= 15 is 0 Å². The summed E-state index contributed by atoms with van der Waals surface area (Å²) in [5.74, 6) is -5.06. The summed E-state index contributed by atoms with van der Waals surface area (Å²) < 4.78 is 4.08. The highest BCUT2D eigenvalue weighted by Gasteiger charge is 2.34. The molecule has 0 aromatic carbocycles. The molecule has 6 nitrogen and oxygen atoms in total. The predicted molar refractivity (Wildman–Crippen MR) is 44.9 cm³/mol. The Bertz CT molecular complexity index is 220. The third kappa shape index (κ3) is 4.31. The second kappa shape index (κ2) is 5.04. The van der Waals surface area contributed by atoms with Gasteiger partial charge in [-0.05, 0) is 6.92 Å². The third-order valence-electron chi connectivity index (χ3n) is 1.49. The van der Waals surface area contributed by atoms with Crippen LogP contribution in [0.5, 0.6) is 0 Å². The van der Waals surface area contributed by atoms with E-state index in [1.807, 2.05) is 0 Å². The van der Waals surface area contributed by atoms with Gasteiger partial charge in [-0.3, -0.25) is 4.79 Å². The fourth-order valence-corrected chi connectivity index (χ4v) is 0.612. The van der Waals surface area contributed by atoms with Gasteiger partial charge in [0.05, 0.1) is 12.5 Å². The van der Waals surface area contributed by atoms with Gasteiger partial charge in [0.2, 0.25) is 0 Å². The summed E-state index contributed by atoms with van der Waals surface area (Å²) in [5.41, 5.74) is 0. The molecule has 0 aromatic rings. The van der Waals surface area contributed by atoms with E-state index in [1.54, 1.807) is 0 Å². The fourth-order valence-electron chi connectivity index (χ4n) is 0.612. The molecule has 0 spiro atoms. The lowest BCUT2D eigenvalue weighted by Crippen LogP contribution is -2.40. The van der Waals surface area contributed by atoms with Crippen LogP contribution < -0.4 is 0 Å². The monoisotopic (exact) mass is 206 g/mol. The van der Waals surface area contributed by atoms with Crippen molar-refractivity contribution in [3.8, 4) is 0 Å². The van der Waals surface area contributed by atoms with Crippen molar-refractivity contribution in [3.05, 3.63) is 0 Å². The highest BCUT2D eigenvalue weighted by atomic mass is 16.6. The molecule has 0 amide bonds. The normalized spacial score (nSPS) is 13.5. The van der Waals surface area contributed by atoms with Gasteiger partial charge in [0.1, 0.15) is 0 Å². The van der Waals surface area contributed by atoms with Crippen LogP contribution in [-0.4, -0.2) is 39.1 Å². The first kappa shape index (κ1) is 13.0. The Balaban J connectivity index is 4.13. The van der Waals surface area contributed by atoms with Gasteiger partial charge in [-0.1, -0.05) is 6.92 Å². The number of esters is 2. The molecule has 1 unspecified atom stereocenters. The minimum atomic E-state index is -2.64. The number of aliphatic hydroxyl groups is 3. The molecule has 6 heteroatoms. The van der Waals surface area contributed by atoms with E-state index in [4.69, 9.17) is 15.3 Å². The van der Waals surface area contributed by atoms with Gasteiger partial charge >= 0.3 is 11.9 Å². The summed E-state index contributed by atoms with van der Waals surface area (Å²) in [5, 5.41) is 26.6. The van der Waals surface area contributed by atoms with E-state index in [0.29, 0.717) is 0 Å². The number of hydrogen-bond acceptors (Lipinski definition) is 6. The first-order valence-electron chi connectivity index (χ1n) is 4.17. The van der Waals surface area contributed by atoms with Crippen molar-refractivity contribution in [1.29, 1.82) is 0 Å². The molecular formula is C8H14O6. The molecule has 0 aromatic heterocycles. The Kier molecular flexibility index (Phi) is 4.69. The van der Waals surface area contributed by atoms with Gasteiger partial charge in [-0.15, -0.1) is 0 Å². The lowest BCUT2D eigenvalue weighted by molar-refractivity contribution is -0.211. The Morgan fingerprint density at radius 2 is 1.93 bits per heavy atom. The molecule has 82 valence electrons. The van der Waals surface area contributed by atoms with Crippen molar-refractivity contribution >= 4 is 11.9 Å². The van der Waals surface area contributed by atoms with E-state index in [9.17, 15) is 9.59 Å². The molecule has 0 saturated heterocycles. The number of carbonyl (C=O) groups is 2. The van der Waals surface area contributed by atoms with Crippen LogP contribution in [0.4, 0.5) is 0 Å². The first-order valence-corrected chi connectivity index (χ1v) is 4.17. The lowest BCUT2D eigenvalue weighted by atomic mass is 10.2. The molecule has 0 radical (unpaired) electrons. The zero-order chi connectivity index (χ0) is 11.4. The van der Waals surface area contributed by atoms with E-state index in [2.05, 4.69) is 4.74 Å². The Morgan fingerprint density at radius 3 is 2.29 bits per heavy atom. The third-order valence-corrected chi connectivity index (χ3v) is 1.49. The van der Waals surface area contributed by atoms with E-state index in [-0.39, 0.29) is 12.8 Å². The van der Waals surface area contributed by atoms with Gasteiger partial charge < -0.3 is 20.1 Å². The number of aliphatic hydroxyl groups excluding tert-OH is 1. The second-order valence-corrected chi connectivity index (χ2v) is 2.98. The largest absolute Gasteiger partial charge is 0.393 e. The summed E-state index contributed by atoms with van der Waals surface area (Å²) in [6.07, 6.45) is -1.59. The van der Waals surface area contributed by atoms with Crippen LogP contribution in [0.15, 0.2) is 0 Å². The van der Waals surface area contributed by atoms with Crippen LogP contribution in [0.1, 0.15) is 26.7 Å². The molecule has 0 aliphatic rings. The topological polar surface area (TPSA) is 104 Å². The minimum absolute atomic E-state index is 0.284. The highest BCUT2D eigenvalue weighted by Crippen LogP contribution is 2.08. The zero-order valence-corrected chi connectivity index (χ0v) is 8.06. The van der Waals surface area contributed by atoms with Crippen LogP contribution in [0.25, 0.3) is 0 Å². The van der Waals surface area contributed by atoms with Crippen LogP contribution in [0, 0.1) is 0 Å². The molecule has 1 atom stereocenters. The maximum atomic E-state index is 10.9. The predicted octanol–water partition coefficient (Wildman–Crippen LogP) is -1.08. The summed E-state index contributed by atoms with van der Waals surface area (Å²) in [6.45, 7) is 2.69. The molecule has 0 rings (SSSR count). The van der Waals surface area contributed by atoms with Crippen molar-refractivity contribution in [1.82, 2.24) is 0 Å². The van der Waals surface area contributed by atoms with Crippen LogP contribution >= 0.6 is 0 Å². The zero-order valence-electron chi connectivity index (χ0n) is 8.06. The van der Waals surface area contributed by atoms with E-state index < -0.39 is 23.8 Å². The van der Waals surface area contributed by atoms with Crippen molar-refractivity contribution in [2.45, 2.75) is 38.6 Å². The number of rotatable bonds is 4. The average molecular weight is 206 g/mol. The molecule has 0 fully saturated rings. The number of hydrogen-bond donors (Lipinski definition) is 3. The Morgan fingerprint density at radius 1 is 1.43 bits per heavy atom. The molecule has 0 bridgehead atoms. The standard InChI is InChI=1S/C8H14O6/c1-3-8(12,13)7(11)14-6(10)4-5(2)9/h5,9,12-13H,3-4H2,1-2H3. The molecule has 14 heavy (non-hydrogen) atoms. The molecule has 3 N–H and O–H groups in total.